The van der Waals surface area contributed by atoms with Crippen molar-refractivity contribution < 1.29 is 0 Å². The fraction of sp³-hybridized carbons (Fsp3) is 1.00. The van der Waals surface area contributed by atoms with Gasteiger partial charge in [-0.1, -0.05) is 13.8 Å². The van der Waals surface area contributed by atoms with Gasteiger partial charge in [0.1, 0.15) is 0 Å². The SMILES string of the molecule is CCCNC1CCN(CCSC)CC1C. The molecule has 0 saturated carbocycles. The van der Waals surface area contributed by atoms with Crippen molar-refractivity contribution in [2.24, 2.45) is 5.92 Å². The Bertz CT molecular complexity index is 164. The van der Waals surface area contributed by atoms with Crippen molar-refractivity contribution in [2.75, 3.05) is 38.2 Å². The number of nitrogens with zero attached hydrogens (tertiary/aromatic N) is 1. The average molecular weight is 230 g/mol. The van der Waals surface area contributed by atoms with E-state index in [-0.39, 0.29) is 0 Å². The lowest BCUT2D eigenvalue weighted by Gasteiger charge is -2.37. The molecule has 0 aromatic rings. The van der Waals surface area contributed by atoms with E-state index in [2.05, 4.69) is 30.3 Å². The topological polar surface area (TPSA) is 15.3 Å². The Labute approximate surface area is 99.2 Å². The smallest absolute Gasteiger partial charge is 0.0117 e. The summed E-state index contributed by atoms with van der Waals surface area (Å²) in [6, 6.07) is 0.760. The molecule has 3 heteroatoms. The minimum Gasteiger partial charge on any atom is -0.314 e. The molecule has 15 heavy (non-hydrogen) atoms. The minimum atomic E-state index is 0.760. The molecule has 0 spiro atoms. The van der Waals surface area contributed by atoms with Gasteiger partial charge in [-0.05, 0) is 38.1 Å². The first kappa shape index (κ1) is 13.3. The molecule has 1 aliphatic rings. The Morgan fingerprint density at radius 2 is 2.27 bits per heavy atom. The molecule has 1 heterocycles. The van der Waals surface area contributed by atoms with Gasteiger partial charge in [0.05, 0.1) is 0 Å². The second-order valence-electron chi connectivity index (χ2n) is 4.62. The van der Waals surface area contributed by atoms with E-state index in [0.29, 0.717) is 0 Å². The van der Waals surface area contributed by atoms with Crippen molar-refractivity contribution in [3.8, 4) is 0 Å². The summed E-state index contributed by atoms with van der Waals surface area (Å²) < 4.78 is 0. The number of nitrogens with one attached hydrogen (secondary N) is 1. The lowest BCUT2D eigenvalue weighted by molar-refractivity contribution is 0.155. The highest BCUT2D eigenvalue weighted by Crippen LogP contribution is 2.16. The number of hydrogen-bond donors (Lipinski definition) is 1. The van der Waals surface area contributed by atoms with Crippen molar-refractivity contribution in [2.45, 2.75) is 32.7 Å². The Morgan fingerprint density at radius 3 is 2.87 bits per heavy atom. The highest BCUT2D eigenvalue weighted by atomic mass is 32.2. The largest absolute Gasteiger partial charge is 0.314 e. The molecule has 0 amide bonds. The Kier molecular flexibility index (Phi) is 6.69. The van der Waals surface area contributed by atoms with E-state index in [0.717, 1.165) is 12.0 Å². The van der Waals surface area contributed by atoms with Gasteiger partial charge < -0.3 is 10.2 Å². The molecule has 0 aromatic carbocycles. The molecule has 0 bridgehead atoms. The van der Waals surface area contributed by atoms with Crippen LogP contribution in [0.2, 0.25) is 0 Å². The van der Waals surface area contributed by atoms with Gasteiger partial charge in [-0.2, -0.15) is 11.8 Å². The molecule has 1 rings (SSSR count). The van der Waals surface area contributed by atoms with E-state index in [9.17, 15) is 0 Å². The second-order valence-corrected chi connectivity index (χ2v) is 5.61. The standard InChI is InChI=1S/C12H26N2S/c1-4-6-13-12-5-7-14(8-9-15-3)10-11(12)2/h11-13H,4-10H2,1-3H3. The predicted molar refractivity (Wildman–Crippen MR) is 70.7 cm³/mol. The van der Waals surface area contributed by atoms with Crippen LogP contribution in [0.15, 0.2) is 0 Å². The highest BCUT2D eigenvalue weighted by Gasteiger charge is 2.24. The van der Waals surface area contributed by atoms with E-state index >= 15 is 0 Å². The Morgan fingerprint density at radius 1 is 1.47 bits per heavy atom. The maximum absolute atomic E-state index is 3.67. The third kappa shape index (κ3) is 4.75. The summed E-state index contributed by atoms with van der Waals surface area (Å²) in [5, 5.41) is 3.67. The Hall–Kier alpha value is 0.270. The summed E-state index contributed by atoms with van der Waals surface area (Å²) >= 11 is 1.95. The van der Waals surface area contributed by atoms with Crippen LogP contribution < -0.4 is 5.32 Å². The van der Waals surface area contributed by atoms with Crippen LogP contribution in [0.25, 0.3) is 0 Å². The summed E-state index contributed by atoms with van der Waals surface area (Å²) in [6.07, 6.45) is 4.77. The van der Waals surface area contributed by atoms with Crippen LogP contribution in [0.1, 0.15) is 26.7 Å². The number of rotatable bonds is 6. The zero-order valence-corrected chi connectivity index (χ0v) is 11.3. The molecule has 0 aliphatic carbocycles. The molecule has 2 nitrogen and oxygen atoms in total. The zero-order valence-electron chi connectivity index (χ0n) is 10.5. The van der Waals surface area contributed by atoms with E-state index in [4.69, 9.17) is 0 Å². The van der Waals surface area contributed by atoms with Crippen LogP contribution >= 0.6 is 11.8 Å². The maximum atomic E-state index is 3.67. The molecule has 0 aromatic heterocycles. The third-order valence-electron chi connectivity index (χ3n) is 3.26. The van der Waals surface area contributed by atoms with Crippen LogP contribution in [0, 0.1) is 5.92 Å². The van der Waals surface area contributed by atoms with Gasteiger partial charge in [-0.15, -0.1) is 0 Å². The summed E-state index contributed by atoms with van der Waals surface area (Å²) in [7, 11) is 0. The van der Waals surface area contributed by atoms with Gasteiger partial charge in [-0.3, -0.25) is 0 Å². The first-order valence-electron chi connectivity index (χ1n) is 6.22. The van der Waals surface area contributed by atoms with Gasteiger partial charge in [0, 0.05) is 24.9 Å². The lowest BCUT2D eigenvalue weighted by Crippen LogP contribution is -2.48. The number of hydrogen-bond acceptors (Lipinski definition) is 3. The zero-order chi connectivity index (χ0) is 11.1. The minimum absolute atomic E-state index is 0.760. The van der Waals surface area contributed by atoms with E-state index < -0.39 is 0 Å². The fourth-order valence-corrected chi connectivity index (χ4v) is 2.73. The van der Waals surface area contributed by atoms with Crippen LogP contribution in [-0.4, -0.2) is 49.1 Å². The van der Waals surface area contributed by atoms with Gasteiger partial charge in [-0.25, -0.2) is 0 Å². The number of likely N-dealkylation sites (tertiary alicyclic amines) is 1. The summed E-state index contributed by atoms with van der Waals surface area (Å²) in [4.78, 5) is 2.62. The van der Waals surface area contributed by atoms with Crippen LogP contribution in [0.4, 0.5) is 0 Å². The van der Waals surface area contributed by atoms with Crippen molar-refractivity contribution >= 4 is 11.8 Å². The fourth-order valence-electron chi connectivity index (χ4n) is 2.29. The van der Waals surface area contributed by atoms with Crippen LogP contribution in [0.3, 0.4) is 0 Å². The van der Waals surface area contributed by atoms with E-state index in [1.807, 2.05) is 11.8 Å². The van der Waals surface area contributed by atoms with Crippen molar-refractivity contribution in [3.63, 3.8) is 0 Å². The molecule has 2 unspecified atom stereocenters. The first-order chi connectivity index (χ1) is 7.27. The second kappa shape index (κ2) is 7.53. The van der Waals surface area contributed by atoms with Gasteiger partial charge in [0.25, 0.3) is 0 Å². The van der Waals surface area contributed by atoms with Crippen molar-refractivity contribution in [1.29, 1.82) is 0 Å². The number of thioether (sulfide) groups is 1. The summed E-state index contributed by atoms with van der Waals surface area (Å²) in [5.41, 5.74) is 0. The molecule has 1 N–H and O–H groups in total. The molecule has 0 radical (unpaired) electrons. The van der Waals surface area contributed by atoms with Crippen molar-refractivity contribution in [1.82, 2.24) is 10.2 Å². The Balaban J connectivity index is 2.21. The highest BCUT2D eigenvalue weighted by molar-refractivity contribution is 7.98. The molecule has 90 valence electrons. The lowest BCUT2D eigenvalue weighted by atomic mass is 9.94. The third-order valence-corrected chi connectivity index (χ3v) is 3.85. The van der Waals surface area contributed by atoms with Gasteiger partial charge in [0.2, 0.25) is 0 Å². The van der Waals surface area contributed by atoms with E-state index in [1.165, 1.54) is 44.8 Å². The number of piperidine rings is 1. The van der Waals surface area contributed by atoms with Gasteiger partial charge >= 0.3 is 0 Å². The predicted octanol–water partition coefficient (Wildman–Crippen LogP) is 2.06. The molecular weight excluding hydrogens is 204 g/mol. The van der Waals surface area contributed by atoms with Crippen LogP contribution in [-0.2, 0) is 0 Å². The molecule has 2 atom stereocenters. The van der Waals surface area contributed by atoms with Crippen molar-refractivity contribution in [3.05, 3.63) is 0 Å². The molecular formula is C12H26N2S. The normalized spacial score (nSPS) is 28.2. The summed E-state index contributed by atoms with van der Waals surface area (Å²) in [6.45, 7) is 9.64. The molecule has 1 fully saturated rings. The first-order valence-corrected chi connectivity index (χ1v) is 7.62. The maximum Gasteiger partial charge on any atom is 0.0117 e. The van der Waals surface area contributed by atoms with Crippen LogP contribution in [0.5, 0.6) is 0 Å². The van der Waals surface area contributed by atoms with E-state index in [1.54, 1.807) is 0 Å². The molecule has 1 aliphatic heterocycles. The van der Waals surface area contributed by atoms with Gasteiger partial charge in [0.15, 0.2) is 0 Å². The summed E-state index contributed by atoms with van der Waals surface area (Å²) in [5.74, 6) is 2.09. The molecule has 1 saturated heterocycles. The quantitative estimate of drug-likeness (QED) is 0.752. The monoisotopic (exact) mass is 230 g/mol. The average Bonchev–Trinajstić information content (AvgIpc) is 2.25.